The van der Waals surface area contributed by atoms with Crippen molar-refractivity contribution in [2.24, 2.45) is 0 Å². The van der Waals surface area contributed by atoms with E-state index in [1.165, 1.54) is 0 Å². The van der Waals surface area contributed by atoms with E-state index in [1.807, 2.05) is 6.07 Å². The summed E-state index contributed by atoms with van der Waals surface area (Å²) in [7, 11) is 0. The van der Waals surface area contributed by atoms with E-state index in [-0.39, 0.29) is 6.61 Å². The van der Waals surface area contributed by atoms with Crippen LogP contribution in [0.15, 0.2) is 91.0 Å². The molecule has 162 valence electrons. The Labute approximate surface area is 192 Å². The Bertz CT molecular complexity index is 1060. The molecular formula is C26H27ClO4. The fourth-order valence-electron chi connectivity index (χ4n) is 3.72. The molecule has 1 fully saturated rings. The summed E-state index contributed by atoms with van der Waals surface area (Å²) in [5.41, 5.74) is -4.72. The lowest BCUT2D eigenvalue weighted by atomic mass is 9.74. The molecule has 2 N–H and O–H groups in total. The predicted octanol–water partition coefficient (Wildman–Crippen LogP) is 4.11. The van der Waals surface area contributed by atoms with Crippen LogP contribution in [0.4, 0.5) is 0 Å². The number of hydrogen-bond donors (Lipinski definition) is 2. The van der Waals surface area contributed by atoms with Gasteiger partial charge in [0, 0.05) is 15.5 Å². The summed E-state index contributed by atoms with van der Waals surface area (Å²) >= 11 is 6.47. The van der Waals surface area contributed by atoms with Crippen molar-refractivity contribution in [2.45, 2.75) is 42.2 Å². The summed E-state index contributed by atoms with van der Waals surface area (Å²) in [6.45, 7) is -1.38. The van der Waals surface area contributed by atoms with E-state index < -0.39 is 42.2 Å². The standard InChI is InChI=1S/C26H27ClO4/c27-24-26(29,17-21-12-6-2-7-13-21)25(28,16-20-10-4-1-5-11-20)23(31-24)19-30-18-22-14-8-3-9-15-22/h1-15,23-24,28-29H,16-19H2/t23-,24?,25-,26-/m1/s1/i16D,17D,18D/t16?,17?,18?,23-,24?,25-,26-. The molecule has 31 heavy (non-hydrogen) atoms. The third kappa shape index (κ3) is 4.69. The van der Waals surface area contributed by atoms with Crippen LogP contribution in [0.25, 0.3) is 0 Å². The molecule has 0 saturated carbocycles. The number of ether oxygens (including phenoxy) is 2. The number of rotatable bonds is 8. The molecule has 1 heterocycles. The van der Waals surface area contributed by atoms with Gasteiger partial charge in [0.15, 0.2) is 5.56 Å². The van der Waals surface area contributed by atoms with Crippen LogP contribution in [-0.4, -0.2) is 39.7 Å². The van der Waals surface area contributed by atoms with E-state index in [9.17, 15) is 10.2 Å². The van der Waals surface area contributed by atoms with Crippen molar-refractivity contribution in [3.05, 3.63) is 108 Å². The molecule has 0 spiro atoms. The van der Waals surface area contributed by atoms with Crippen molar-refractivity contribution in [1.29, 1.82) is 0 Å². The van der Waals surface area contributed by atoms with Crippen molar-refractivity contribution in [1.82, 2.24) is 0 Å². The maximum Gasteiger partial charge on any atom is 0.163 e. The molecule has 3 aromatic rings. The molecule has 0 bridgehead atoms. The van der Waals surface area contributed by atoms with E-state index in [2.05, 4.69) is 0 Å². The predicted molar refractivity (Wildman–Crippen MR) is 121 cm³/mol. The molecule has 0 aromatic heterocycles. The van der Waals surface area contributed by atoms with E-state index in [0.717, 1.165) is 0 Å². The smallest absolute Gasteiger partial charge is 0.163 e. The van der Waals surface area contributed by atoms with Gasteiger partial charge in [-0.05, 0) is 16.7 Å². The van der Waals surface area contributed by atoms with E-state index >= 15 is 0 Å². The van der Waals surface area contributed by atoms with Crippen LogP contribution in [0.5, 0.6) is 0 Å². The SMILES string of the molecule is [2H]C(OC[C@H]1OC(Cl)[C@](O)(C([2H])c2ccccc2)[C@@]1(O)C([2H])c1ccccc1)c1ccccc1. The Balaban J connectivity index is 1.71. The molecule has 1 saturated heterocycles. The number of aliphatic hydroxyl groups is 2. The highest BCUT2D eigenvalue weighted by atomic mass is 35.5. The van der Waals surface area contributed by atoms with Gasteiger partial charge in [-0.3, -0.25) is 0 Å². The Morgan fingerprint density at radius 3 is 1.74 bits per heavy atom. The first kappa shape index (κ1) is 18.4. The van der Waals surface area contributed by atoms with Crippen LogP contribution in [-0.2, 0) is 28.9 Å². The minimum absolute atomic E-state index is 0.311. The monoisotopic (exact) mass is 441 g/mol. The van der Waals surface area contributed by atoms with Crippen molar-refractivity contribution < 1.29 is 23.8 Å². The minimum Gasteiger partial charge on any atom is -0.384 e. The molecule has 5 heteroatoms. The van der Waals surface area contributed by atoms with Crippen molar-refractivity contribution >= 4 is 11.6 Å². The Hall–Kier alpha value is -2.21. The van der Waals surface area contributed by atoms with Gasteiger partial charge >= 0.3 is 0 Å². The first-order valence-corrected chi connectivity index (χ1v) is 10.5. The molecule has 1 aliphatic rings. The topological polar surface area (TPSA) is 58.9 Å². The van der Waals surface area contributed by atoms with Gasteiger partial charge in [0.25, 0.3) is 0 Å². The zero-order chi connectivity index (χ0) is 24.3. The fourth-order valence-corrected chi connectivity index (χ4v) is 4.08. The lowest BCUT2D eigenvalue weighted by molar-refractivity contribution is -0.146. The Morgan fingerprint density at radius 2 is 1.23 bits per heavy atom. The molecule has 7 atom stereocenters. The second-order valence-corrected chi connectivity index (χ2v) is 7.96. The van der Waals surface area contributed by atoms with Gasteiger partial charge < -0.3 is 19.7 Å². The first-order chi connectivity index (χ1) is 16.3. The third-order valence-electron chi connectivity index (χ3n) is 5.40. The van der Waals surface area contributed by atoms with Crippen LogP contribution in [0.3, 0.4) is 0 Å². The summed E-state index contributed by atoms with van der Waals surface area (Å²) in [6.07, 6.45) is -4.09. The second kappa shape index (κ2) is 9.51. The Morgan fingerprint density at radius 1 is 0.774 bits per heavy atom. The molecule has 4 rings (SSSR count). The highest BCUT2D eigenvalue weighted by Crippen LogP contribution is 2.46. The van der Waals surface area contributed by atoms with Gasteiger partial charge in [-0.1, -0.05) is 103 Å². The number of hydrogen-bond acceptors (Lipinski definition) is 4. The third-order valence-corrected chi connectivity index (χ3v) is 5.84. The van der Waals surface area contributed by atoms with Gasteiger partial charge in [0.2, 0.25) is 0 Å². The normalized spacial score (nSPS) is 32.4. The average Bonchev–Trinajstić information content (AvgIpc) is 3.09. The van der Waals surface area contributed by atoms with Gasteiger partial charge in [-0.25, -0.2) is 0 Å². The average molecular weight is 442 g/mol. The molecular weight excluding hydrogens is 412 g/mol. The lowest BCUT2D eigenvalue weighted by Crippen LogP contribution is -2.61. The van der Waals surface area contributed by atoms with Gasteiger partial charge in [0.05, 0.1) is 14.6 Å². The van der Waals surface area contributed by atoms with Crippen LogP contribution in [0, 0.1) is 0 Å². The molecule has 3 aromatic carbocycles. The van der Waals surface area contributed by atoms with Crippen molar-refractivity contribution in [3.63, 3.8) is 0 Å². The highest BCUT2D eigenvalue weighted by molar-refractivity contribution is 6.20. The van der Waals surface area contributed by atoms with E-state index in [0.29, 0.717) is 16.7 Å². The van der Waals surface area contributed by atoms with E-state index in [1.54, 1.807) is 84.9 Å². The summed E-state index contributed by atoms with van der Waals surface area (Å²) in [5.74, 6) is 0. The minimum atomic E-state index is -2.35. The largest absolute Gasteiger partial charge is 0.384 e. The van der Waals surface area contributed by atoms with Gasteiger partial charge in [-0.2, -0.15) is 0 Å². The summed E-state index contributed by atoms with van der Waals surface area (Å²) in [6, 6.07) is 26.0. The molecule has 0 amide bonds. The fraction of sp³-hybridized carbons (Fsp3) is 0.308. The van der Waals surface area contributed by atoms with E-state index in [4.69, 9.17) is 25.2 Å². The van der Waals surface area contributed by atoms with Crippen LogP contribution in [0.1, 0.15) is 20.8 Å². The molecule has 1 aliphatic heterocycles. The molecule has 4 nitrogen and oxygen atoms in total. The Kier molecular flexibility index (Phi) is 5.64. The van der Waals surface area contributed by atoms with Gasteiger partial charge in [0.1, 0.15) is 17.3 Å². The maximum absolute atomic E-state index is 12.1. The molecule has 4 unspecified atom stereocenters. The van der Waals surface area contributed by atoms with Gasteiger partial charge in [-0.15, -0.1) is 0 Å². The number of alkyl halides is 1. The summed E-state index contributed by atoms with van der Waals surface area (Å²) in [4.78, 5) is 0. The van der Waals surface area contributed by atoms with Crippen LogP contribution >= 0.6 is 11.6 Å². The van der Waals surface area contributed by atoms with Crippen LogP contribution in [0.2, 0.25) is 0 Å². The number of benzene rings is 3. The summed E-state index contributed by atoms with van der Waals surface area (Å²) in [5, 5.41) is 23.9. The quantitative estimate of drug-likeness (QED) is 0.516. The zero-order valence-corrected chi connectivity index (χ0v) is 17.6. The highest BCUT2D eigenvalue weighted by Gasteiger charge is 2.65. The summed E-state index contributed by atoms with van der Waals surface area (Å²) < 4.78 is 37.6. The maximum atomic E-state index is 12.1. The number of halogens is 1. The molecule has 0 radical (unpaired) electrons. The molecule has 0 aliphatic carbocycles. The van der Waals surface area contributed by atoms with Crippen LogP contribution < -0.4 is 0 Å². The first-order valence-electron chi connectivity index (χ1n) is 11.8. The second-order valence-electron chi connectivity index (χ2n) is 7.56. The zero-order valence-electron chi connectivity index (χ0n) is 19.8. The lowest BCUT2D eigenvalue weighted by Gasteiger charge is -2.40. The van der Waals surface area contributed by atoms with Crippen molar-refractivity contribution in [3.8, 4) is 0 Å². The van der Waals surface area contributed by atoms with Crippen molar-refractivity contribution in [2.75, 3.05) is 6.61 Å².